The zero-order valence-corrected chi connectivity index (χ0v) is 20.9. The van der Waals surface area contributed by atoms with Crippen molar-refractivity contribution in [2.45, 2.75) is 12.0 Å². The van der Waals surface area contributed by atoms with Gasteiger partial charge in [0.1, 0.15) is 5.75 Å². The maximum absolute atomic E-state index is 10.1. The van der Waals surface area contributed by atoms with Gasteiger partial charge in [-0.05, 0) is 24.3 Å². The van der Waals surface area contributed by atoms with Crippen LogP contribution in [-0.4, -0.2) is 104 Å². The number of hydrogen-bond donors (Lipinski definition) is 2. The summed E-state index contributed by atoms with van der Waals surface area (Å²) in [5, 5.41) is 13.8. The van der Waals surface area contributed by atoms with E-state index in [4.69, 9.17) is 4.74 Å². The van der Waals surface area contributed by atoms with Crippen LogP contribution in [0.15, 0.2) is 29.3 Å². The molecule has 3 saturated heterocycles. The Hall–Kier alpha value is -0.910. The van der Waals surface area contributed by atoms with Gasteiger partial charge >= 0.3 is 0 Å². The zero-order chi connectivity index (χ0) is 20.1. The number of thioether (sulfide) groups is 1. The van der Waals surface area contributed by atoms with Crippen molar-refractivity contribution in [3.05, 3.63) is 24.3 Å². The first-order chi connectivity index (χ1) is 14.2. The predicted molar refractivity (Wildman–Crippen MR) is 136 cm³/mol. The molecule has 2 N–H and O–H groups in total. The fourth-order valence-corrected chi connectivity index (χ4v) is 6.08. The second kappa shape index (κ2) is 11.1. The number of nitrogens with zero attached hydrogens (tertiary/aromatic N) is 4. The van der Waals surface area contributed by atoms with Crippen LogP contribution in [0.3, 0.4) is 0 Å². The van der Waals surface area contributed by atoms with Crippen molar-refractivity contribution in [3.63, 3.8) is 0 Å². The Bertz CT molecular complexity index is 702. The van der Waals surface area contributed by atoms with Gasteiger partial charge in [-0.15, -0.1) is 24.0 Å². The van der Waals surface area contributed by atoms with Crippen LogP contribution in [0.2, 0.25) is 0 Å². The van der Waals surface area contributed by atoms with E-state index in [1.54, 1.807) is 6.07 Å². The molecule has 1 unspecified atom stereocenters. The monoisotopic (exact) mass is 547 g/mol. The van der Waals surface area contributed by atoms with Gasteiger partial charge in [0.25, 0.3) is 0 Å². The van der Waals surface area contributed by atoms with Gasteiger partial charge in [-0.1, -0.05) is 12.1 Å². The number of phenols is 1. The quantitative estimate of drug-likeness (QED) is 0.340. The lowest BCUT2D eigenvalue weighted by Gasteiger charge is -2.44. The molecule has 0 radical (unpaired) electrons. The number of aliphatic imine (C=N–C) groups is 1. The second-order valence-corrected chi connectivity index (χ2v) is 9.10. The average molecular weight is 548 g/mol. The number of nitrogens with one attached hydrogen (secondary N) is 1. The highest BCUT2D eigenvalue weighted by molar-refractivity contribution is 14.0. The van der Waals surface area contributed by atoms with Crippen molar-refractivity contribution in [1.29, 1.82) is 0 Å². The van der Waals surface area contributed by atoms with Crippen molar-refractivity contribution in [3.8, 4) is 5.75 Å². The fraction of sp³-hybridized carbons (Fsp3) is 0.667. The summed E-state index contributed by atoms with van der Waals surface area (Å²) in [4.78, 5) is 11.8. The third-order valence-corrected chi connectivity index (χ3v) is 7.59. The second-order valence-electron chi connectivity index (χ2n) is 7.99. The van der Waals surface area contributed by atoms with Crippen molar-refractivity contribution < 1.29 is 9.84 Å². The SMILES string of the molecule is CN=C(NCC1(N2CCOCC2)CCSC1)N1CCN(c2ccccc2O)CC1.I. The van der Waals surface area contributed by atoms with E-state index < -0.39 is 0 Å². The van der Waals surface area contributed by atoms with Gasteiger partial charge < -0.3 is 25.0 Å². The molecular formula is C21H34IN5O2S. The maximum Gasteiger partial charge on any atom is 0.193 e. The molecule has 0 aromatic heterocycles. The lowest BCUT2D eigenvalue weighted by molar-refractivity contribution is -0.0121. The summed E-state index contributed by atoms with van der Waals surface area (Å²) in [6.07, 6.45) is 1.22. The summed E-state index contributed by atoms with van der Waals surface area (Å²) in [7, 11) is 1.88. The van der Waals surface area contributed by atoms with Crippen molar-refractivity contribution in [2.24, 2.45) is 4.99 Å². The van der Waals surface area contributed by atoms with E-state index in [1.165, 1.54) is 17.9 Å². The molecule has 0 spiro atoms. The van der Waals surface area contributed by atoms with Gasteiger partial charge in [-0.25, -0.2) is 0 Å². The number of anilines is 1. The van der Waals surface area contributed by atoms with E-state index in [9.17, 15) is 5.11 Å². The van der Waals surface area contributed by atoms with Crippen LogP contribution >= 0.6 is 35.7 Å². The molecule has 7 nitrogen and oxygen atoms in total. The van der Waals surface area contributed by atoms with Crippen LogP contribution in [0.4, 0.5) is 5.69 Å². The first-order valence-corrected chi connectivity index (χ1v) is 11.8. The van der Waals surface area contributed by atoms with Crippen LogP contribution in [0.5, 0.6) is 5.75 Å². The van der Waals surface area contributed by atoms with E-state index in [-0.39, 0.29) is 29.5 Å². The van der Waals surface area contributed by atoms with Gasteiger partial charge in [-0.3, -0.25) is 9.89 Å². The Morgan fingerprint density at radius 2 is 1.90 bits per heavy atom. The largest absolute Gasteiger partial charge is 0.506 e. The van der Waals surface area contributed by atoms with E-state index >= 15 is 0 Å². The highest BCUT2D eigenvalue weighted by atomic mass is 127. The number of benzene rings is 1. The number of halogens is 1. The summed E-state index contributed by atoms with van der Waals surface area (Å²) in [5.74, 6) is 3.76. The third kappa shape index (κ3) is 5.28. The summed E-state index contributed by atoms with van der Waals surface area (Å²) in [6.45, 7) is 8.23. The first kappa shape index (κ1) is 23.7. The van der Waals surface area contributed by atoms with Gasteiger partial charge in [0, 0.05) is 64.2 Å². The molecule has 1 aromatic carbocycles. The molecule has 168 valence electrons. The number of guanidine groups is 1. The molecule has 30 heavy (non-hydrogen) atoms. The van der Waals surface area contributed by atoms with E-state index in [0.29, 0.717) is 5.75 Å². The molecule has 3 aliphatic heterocycles. The minimum atomic E-state index is 0. The van der Waals surface area contributed by atoms with Gasteiger partial charge in [0.05, 0.1) is 18.9 Å². The molecule has 0 amide bonds. The van der Waals surface area contributed by atoms with Crippen LogP contribution in [0.1, 0.15) is 6.42 Å². The first-order valence-electron chi connectivity index (χ1n) is 10.6. The highest BCUT2D eigenvalue weighted by Crippen LogP contribution is 2.33. The predicted octanol–water partition coefficient (Wildman–Crippen LogP) is 1.92. The van der Waals surface area contributed by atoms with Gasteiger partial charge in [0.15, 0.2) is 5.96 Å². The van der Waals surface area contributed by atoms with Crippen molar-refractivity contribution in [2.75, 3.05) is 82.5 Å². The lowest BCUT2D eigenvalue weighted by atomic mass is 9.95. The number of aromatic hydroxyl groups is 1. The maximum atomic E-state index is 10.1. The van der Waals surface area contributed by atoms with Gasteiger partial charge in [0.2, 0.25) is 0 Å². The number of morpholine rings is 1. The number of rotatable bonds is 4. The molecule has 0 saturated carbocycles. The molecule has 1 atom stereocenters. The Balaban J connectivity index is 0.00000256. The number of para-hydroxylation sites is 2. The minimum Gasteiger partial charge on any atom is -0.506 e. The summed E-state index contributed by atoms with van der Waals surface area (Å²) < 4.78 is 5.58. The van der Waals surface area contributed by atoms with Crippen molar-refractivity contribution >= 4 is 47.4 Å². The molecule has 3 fully saturated rings. The molecule has 3 heterocycles. The summed E-state index contributed by atoms with van der Waals surface area (Å²) in [6, 6.07) is 7.59. The average Bonchev–Trinajstić information content (AvgIpc) is 3.26. The minimum absolute atomic E-state index is 0. The van der Waals surface area contributed by atoms with E-state index in [2.05, 4.69) is 36.8 Å². The Morgan fingerprint density at radius 3 is 2.53 bits per heavy atom. The van der Waals surface area contributed by atoms with Crippen molar-refractivity contribution in [1.82, 2.24) is 15.1 Å². The number of piperazine rings is 1. The molecule has 4 rings (SSSR count). The number of ether oxygens (including phenoxy) is 1. The summed E-state index contributed by atoms with van der Waals surface area (Å²) >= 11 is 2.06. The normalized spacial score (nSPS) is 25.8. The molecule has 0 aliphatic carbocycles. The van der Waals surface area contributed by atoms with Crippen LogP contribution in [-0.2, 0) is 4.74 Å². The van der Waals surface area contributed by atoms with Crippen LogP contribution in [0, 0.1) is 0 Å². The van der Waals surface area contributed by atoms with Gasteiger partial charge in [-0.2, -0.15) is 11.8 Å². The lowest BCUT2D eigenvalue weighted by Crippen LogP contribution is -2.61. The topological polar surface area (TPSA) is 63.6 Å². The summed E-state index contributed by atoms with van der Waals surface area (Å²) in [5.41, 5.74) is 1.13. The molecule has 0 bridgehead atoms. The number of phenolic OH excluding ortho intramolecular Hbond substituents is 1. The smallest absolute Gasteiger partial charge is 0.193 e. The number of hydrogen-bond acceptors (Lipinski definition) is 6. The Labute approximate surface area is 201 Å². The molecule has 9 heteroatoms. The highest BCUT2D eigenvalue weighted by Gasteiger charge is 2.41. The van der Waals surface area contributed by atoms with Crippen LogP contribution in [0.25, 0.3) is 0 Å². The third-order valence-electron chi connectivity index (χ3n) is 6.35. The fourth-order valence-electron chi connectivity index (χ4n) is 4.60. The van der Waals surface area contributed by atoms with Crippen LogP contribution < -0.4 is 10.2 Å². The molecule has 1 aromatic rings. The Morgan fingerprint density at radius 1 is 1.17 bits per heavy atom. The molecule has 3 aliphatic rings. The zero-order valence-electron chi connectivity index (χ0n) is 17.8. The van der Waals surface area contributed by atoms with E-state index in [0.717, 1.165) is 70.7 Å². The Kier molecular flexibility index (Phi) is 8.79. The standard InChI is InChI=1S/C21H33N5O2S.HI/c1-22-20(23-16-21(6-15-29-17-21)26-11-13-28-14-12-26)25-9-7-24(8-10-25)18-4-2-3-5-19(18)27;/h2-5,27H,6-17H2,1H3,(H,22,23);1H. The van der Waals surface area contributed by atoms with E-state index in [1.807, 2.05) is 25.2 Å². The molecular weight excluding hydrogens is 513 g/mol.